The van der Waals surface area contributed by atoms with Gasteiger partial charge in [-0.1, -0.05) is 48.5 Å². The Kier molecular flexibility index (Phi) is 6.26. The van der Waals surface area contributed by atoms with Crippen molar-refractivity contribution in [3.05, 3.63) is 66.2 Å². The maximum Gasteiger partial charge on any atom is 0.243 e. The molecule has 0 aliphatic carbocycles. The predicted molar refractivity (Wildman–Crippen MR) is 104 cm³/mol. The zero-order chi connectivity index (χ0) is 19.3. The van der Waals surface area contributed by atoms with Gasteiger partial charge < -0.3 is 10.6 Å². The highest BCUT2D eigenvalue weighted by Gasteiger charge is 2.28. The monoisotopic (exact) mass is 387 g/mol. The normalized spacial score (nSPS) is 17.3. The van der Waals surface area contributed by atoms with E-state index in [2.05, 4.69) is 0 Å². The van der Waals surface area contributed by atoms with Crippen LogP contribution in [0.2, 0.25) is 0 Å². The minimum absolute atomic E-state index is 0.0367. The average molecular weight is 388 g/mol. The lowest BCUT2D eigenvalue weighted by Crippen LogP contribution is -2.38. The third-order valence-corrected chi connectivity index (χ3v) is 6.72. The summed E-state index contributed by atoms with van der Waals surface area (Å²) >= 11 is 0. The summed E-state index contributed by atoms with van der Waals surface area (Å²) in [6, 6.07) is 17.6. The van der Waals surface area contributed by atoms with E-state index in [0.29, 0.717) is 32.6 Å². The van der Waals surface area contributed by atoms with E-state index in [9.17, 15) is 13.2 Å². The highest BCUT2D eigenvalue weighted by Crippen LogP contribution is 2.19. The van der Waals surface area contributed by atoms with Crippen molar-refractivity contribution in [1.82, 2.24) is 9.21 Å². The molecule has 0 aromatic heterocycles. The number of rotatable bonds is 5. The standard InChI is InChI=1S/C20H25N3O3S/c21-19(17-8-3-1-4-9-17)16-20(24)22-12-7-13-23(15-14-22)27(25,26)18-10-5-2-6-11-18/h1-6,8-11,19H,7,12-16,21H2. The Hall–Kier alpha value is -2.22. The fourth-order valence-electron chi connectivity index (χ4n) is 3.26. The second-order valence-corrected chi connectivity index (χ2v) is 8.61. The molecule has 1 saturated heterocycles. The molecule has 2 aromatic carbocycles. The van der Waals surface area contributed by atoms with Crippen molar-refractivity contribution in [2.24, 2.45) is 5.73 Å². The Morgan fingerprint density at radius 3 is 2.22 bits per heavy atom. The summed E-state index contributed by atoms with van der Waals surface area (Å²) in [7, 11) is -3.53. The molecule has 1 amide bonds. The largest absolute Gasteiger partial charge is 0.341 e. The van der Waals surface area contributed by atoms with Crippen LogP contribution in [0.4, 0.5) is 0 Å². The van der Waals surface area contributed by atoms with Crippen molar-refractivity contribution in [1.29, 1.82) is 0 Å². The van der Waals surface area contributed by atoms with Gasteiger partial charge in [0.05, 0.1) is 4.90 Å². The molecule has 1 atom stereocenters. The molecule has 6 nitrogen and oxygen atoms in total. The summed E-state index contributed by atoms with van der Waals surface area (Å²) in [5, 5.41) is 0. The lowest BCUT2D eigenvalue weighted by atomic mass is 10.0. The number of carbonyl (C=O) groups is 1. The minimum Gasteiger partial charge on any atom is -0.341 e. The molecule has 0 radical (unpaired) electrons. The van der Waals surface area contributed by atoms with Crippen LogP contribution >= 0.6 is 0 Å². The van der Waals surface area contributed by atoms with Crippen LogP contribution in [0, 0.1) is 0 Å². The smallest absolute Gasteiger partial charge is 0.243 e. The fourth-order valence-corrected chi connectivity index (χ4v) is 4.75. The van der Waals surface area contributed by atoms with Crippen LogP contribution in [0.25, 0.3) is 0 Å². The molecule has 1 heterocycles. The summed E-state index contributed by atoms with van der Waals surface area (Å²) in [6.45, 7) is 1.63. The topological polar surface area (TPSA) is 83.7 Å². The summed E-state index contributed by atoms with van der Waals surface area (Å²) in [4.78, 5) is 14.7. The summed E-state index contributed by atoms with van der Waals surface area (Å²) in [5.41, 5.74) is 7.09. The van der Waals surface area contributed by atoms with Gasteiger partial charge in [-0.25, -0.2) is 8.42 Å². The van der Waals surface area contributed by atoms with Crippen molar-refractivity contribution in [2.75, 3.05) is 26.2 Å². The molecule has 0 bridgehead atoms. The van der Waals surface area contributed by atoms with Gasteiger partial charge in [0.25, 0.3) is 0 Å². The molecule has 7 heteroatoms. The molecule has 2 N–H and O–H groups in total. The van der Waals surface area contributed by atoms with Crippen LogP contribution in [0.5, 0.6) is 0 Å². The van der Waals surface area contributed by atoms with Crippen molar-refractivity contribution in [2.45, 2.75) is 23.8 Å². The molecule has 1 aliphatic heterocycles. The molecule has 1 unspecified atom stereocenters. The second-order valence-electron chi connectivity index (χ2n) is 6.67. The minimum atomic E-state index is -3.53. The Morgan fingerprint density at radius 2 is 1.56 bits per heavy atom. The first-order chi connectivity index (χ1) is 13.0. The van der Waals surface area contributed by atoms with E-state index in [0.717, 1.165) is 5.56 Å². The second kappa shape index (κ2) is 8.65. The van der Waals surface area contributed by atoms with Crippen LogP contribution < -0.4 is 5.73 Å². The van der Waals surface area contributed by atoms with Gasteiger partial charge in [0, 0.05) is 38.6 Å². The van der Waals surface area contributed by atoms with Crippen molar-refractivity contribution < 1.29 is 13.2 Å². The summed E-state index contributed by atoms with van der Waals surface area (Å²) in [6.07, 6.45) is 0.827. The molecule has 1 aliphatic rings. The number of hydrogen-bond acceptors (Lipinski definition) is 4. The number of benzene rings is 2. The van der Waals surface area contributed by atoms with E-state index < -0.39 is 10.0 Å². The van der Waals surface area contributed by atoms with Crippen LogP contribution in [0.15, 0.2) is 65.6 Å². The zero-order valence-corrected chi connectivity index (χ0v) is 16.0. The number of nitrogens with zero attached hydrogens (tertiary/aromatic N) is 2. The molecule has 0 saturated carbocycles. The van der Waals surface area contributed by atoms with Crippen LogP contribution in [0.3, 0.4) is 0 Å². The molecule has 144 valence electrons. The summed E-state index contributed by atoms with van der Waals surface area (Å²) in [5.74, 6) is -0.0367. The van der Waals surface area contributed by atoms with E-state index >= 15 is 0 Å². The SMILES string of the molecule is NC(CC(=O)N1CCCN(S(=O)(=O)c2ccccc2)CC1)c1ccccc1. The van der Waals surface area contributed by atoms with E-state index in [1.807, 2.05) is 30.3 Å². The quantitative estimate of drug-likeness (QED) is 0.851. The number of amides is 1. The van der Waals surface area contributed by atoms with Gasteiger partial charge in [-0.15, -0.1) is 0 Å². The van der Waals surface area contributed by atoms with E-state index in [4.69, 9.17) is 5.73 Å². The molecule has 3 rings (SSSR count). The van der Waals surface area contributed by atoms with E-state index in [1.54, 1.807) is 35.2 Å². The molecule has 27 heavy (non-hydrogen) atoms. The first-order valence-electron chi connectivity index (χ1n) is 9.12. The third-order valence-electron chi connectivity index (χ3n) is 4.81. The highest BCUT2D eigenvalue weighted by atomic mass is 32.2. The first kappa shape index (κ1) is 19.5. The fraction of sp³-hybridized carbons (Fsp3) is 0.350. The van der Waals surface area contributed by atoms with Crippen molar-refractivity contribution in [3.63, 3.8) is 0 Å². The Bertz CT molecular complexity index is 857. The van der Waals surface area contributed by atoms with Gasteiger partial charge in [-0.2, -0.15) is 4.31 Å². The van der Waals surface area contributed by atoms with E-state index in [1.165, 1.54) is 4.31 Å². The molecule has 1 fully saturated rings. The average Bonchev–Trinajstić information content (AvgIpc) is 2.96. The summed E-state index contributed by atoms with van der Waals surface area (Å²) < 4.78 is 27.0. The molecular formula is C20H25N3O3S. The van der Waals surface area contributed by atoms with Gasteiger partial charge in [0.2, 0.25) is 15.9 Å². The van der Waals surface area contributed by atoms with Gasteiger partial charge in [0.1, 0.15) is 0 Å². The highest BCUT2D eigenvalue weighted by molar-refractivity contribution is 7.89. The van der Waals surface area contributed by atoms with Crippen molar-refractivity contribution in [3.8, 4) is 0 Å². The zero-order valence-electron chi connectivity index (χ0n) is 15.2. The Labute approximate surface area is 160 Å². The lowest BCUT2D eigenvalue weighted by molar-refractivity contribution is -0.131. The van der Waals surface area contributed by atoms with Crippen LogP contribution in [-0.2, 0) is 14.8 Å². The molecular weight excluding hydrogens is 362 g/mol. The number of sulfonamides is 1. The maximum absolute atomic E-state index is 12.8. The van der Waals surface area contributed by atoms with Crippen LogP contribution in [-0.4, -0.2) is 49.7 Å². The predicted octanol–water partition coefficient (Wildman–Crippen LogP) is 2.00. The lowest BCUT2D eigenvalue weighted by Gasteiger charge is -2.23. The van der Waals surface area contributed by atoms with Gasteiger partial charge in [-0.05, 0) is 24.1 Å². The van der Waals surface area contributed by atoms with Crippen LogP contribution in [0.1, 0.15) is 24.4 Å². The van der Waals surface area contributed by atoms with Gasteiger partial charge in [0.15, 0.2) is 0 Å². The van der Waals surface area contributed by atoms with Gasteiger partial charge >= 0.3 is 0 Å². The number of nitrogens with two attached hydrogens (primary N) is 1. The maximum atomic E-state index is 12.8. The van der Waals surface area contributed by atoms with E-state index in [-0.39, 0.29) is 23.3 Å². The molecule has 2 aromatic rings. The van der Waals surface area contributed by atoms with Gasteiger partial charge in [-0.3, -0.25) is 4.79 Å². The number of carbonyl (C=O) groups excluding carboxylic acids is 1. The molecule has 0 spiro atoms. The third kappa shape index (κ3) is 4.74. The Balaban J connectivity index is 1.62. The Morgan fingerprint density at radius 1 is 0.926 bits per heavy atom. The first-order valence-corrected chi connectivity index (χ1v) is 10.6. The number of hydrogen-bond donors (Lipinski definition) is 1. The van der Waals surface area contributed by atoms with Crippen molar-refractivity contribution >= 4 is 15.9 Å².